The van der Waals surface area contributed by atoms with Gasteiger partial charge in [0, 0.05) is 6.54 Å². The third kappa shape index (κ3) is 1.64. The first-order chi connectivity index (χ1) is 8.00. The minimum absolute atomic E-state index is 0.158. The summed E-state index contributed by atoms with van der Waals surface area (Å²) in [6, 6.07) is 4.25. The topological polar surface area (TPSA) is 24.1 Å². The Morgan fingerprint density at radius 3 is 2.53 bits per heavy atom. The zero-order valence-electron chi connectivity index (χ0n) is 9.19. The molecule has 1 spiro atoms. The zero-order valence-corrected chi connectivity index (χ0v) is 9.19. The molecule has 1 aromatic rings. The van der Waals surface area contributed by atoms with Gasteiger partial charge in [0.1, 0.15) is 0 Å². The van der Waals surface area contributed by atoms with E-state index in [2.05, 4.69) is 10.6 Å². The number of benzene rings is 1. The highest BCUT2D eigenvalue weighted by atomic mass is 19.4. The molecule has 1 fully saturated rings. The van der Waals surface area contributed by atoms with E-state index < -0.39 is 11.7 Å². The van der Waals surface area contributed by atoms with E-state index in [4.69, 9.17) is 0 Å². The van der Waals surface area contributed by atoms with Crippen molar-refractivity contribution < 1.29 is 13.2 Å². The molecule has 1 aliphatic carbocycles. The molecule has 2 N–H and O–H groups in total. The molecule has 0 aromatic heterocycles. The fraction of sp³-hybridized carbons (Fsp3) is 0.500. The number of halogens is 3. The van der Waals surface area contributed by atoms with Crippen LogP contribution in [0.4, 0.5) is 24.5 Å². The Hall–Kier alpha value is -1.39. The van der Waals surface area contributed by atoms with E-state index in [-0.39, 0.29) is 11.2 Å². The van der Waals surface area contributed by atoms with Gasteiger partial charge in [-0.15, -0.1) is 0 Å². The third-order valence-electron chi connectivity index (χ3n) is 3.69. The van der Waals surface area contributed by atoms with Gasteiger partial charge < -0.3 is 10.6 Å². The summed E-state index contributed by atoms with van der Waals surface area (Å²) in [5, 5.41) is 6.21. The van der Waals surface area contributed by atoms with Crippen LogP contribution in [0.25, 0.3) is 0 Å². The lowest BCUT2D eigenvalue weighted by atomic mass is 9.75. The lowest BCUT2D eigenvalue weighted by Gasteiger charge is -2.47. The van der Waals surface area contributed by atoms with Gasteiger partial charge in [-0.1, -0.05) is 6.07 Å². The number of rotatable bonds is 0. The second-order valence-corrected chi connectivity index (χ2v) is 4.84. The molecule has 17 heavy (non-hydrogen) atoms. The fourth-order valence-electron chi connectivity index (χ4n) is 2.55. The SMILES string of the molecule is FC(F)(F)c1cccc2c1NC1(CCC1)CN2. The largest absolute Gasteiger partial charge is 0.418 e. The van der Waals surface area contributed by atoms with Crippen molar-refractivity contribution in [2.75, 3.05) is 17.2 Å². The van der Waals surface area contributed by atoms with Crippen LogP contribution in [0, 0.1) is 0 Å². The van der Waals surface area contributed by atoms with Crippen LogP contribution in [-0.2, 0) is 6.18 Å². The third-order valence-corrected chi connectivity index (χ3v) is 3.69. The number of nitrogens with one attached hydrogen (secondary N) is 2. The maximum Gasteiger partial charge on any atom is 0.418 e. The predicted octanol–water partition coefficient (Wildman–Crippen LogP) is 3.47. The summed E-state index contributed by atoms with van der Waals surface area (Å²) in [4.78, 5) is 0. The Morgan fingerprint density at radius 2 is 1.94 bits per heavy atom. The van der Waals surface area contributed by atoms with Crippen molar-refractivity contribution in [1.29, 1.82) is 0 Å². The predicted molar refractivity (Wildman–Crippen MR) is 60.1 cm³/mol. The van der Waals surface area contributed by atoms with Crippen LogP contribution in [-0.4, -0.2) is 12.1 Å². The monoisotopic (exact) mass is 242 g/mol. The first-order valence-electron chi connectivity index (χ1n) is 5.73. The molecule has 1 heterocycles. The van der Waals surface area contributed by atoms with Crippen molar-refractivity contribution >= 4 is 11.4 Å². The maximum absolute atomic E-state index is 12.9. The van der Waals surface area contributed by atoms with E-state index >= 15 is 0 Å². The summed E-state index contributed by atoms with van der Waals surface area (Å²) in [7, 11) is 0. The molecular formula is C12H13F3N2. The van der Waals surface area contributed by atoms with Crippen molar-refractivity contribution in [1.82, 2.24) is 0 Å². The number of hydrogen-bond acceptors (Lipinski definition) is 2. The number of anilines is 2. The summed E-state index contributed by atoms with van der Waals surface area (Å²) in [6.45, 7) is 0.710. The van der Waals surface area contributed by atoms with E-state index in [1.165, 1.54) is 6.07 Å². The van der Waals surface area contributed by atoms with Crippen molar-refractivity contribution in [3.63, 3.8) is 0 Å². The molecule has 0 saturated heterocycles. The minimum atomic E-state index is -4.30. The molecule has 2 aliphatic rings. The highest BCUT2D eigenvalue weighted by molar-refractivity contribution is 5.76. The van der Waals surface area contributed by atoms with Gasteiger partial charge in [-0.3, -0.25) is 0 Å². The highest BCUT2D eigenvalue weighted by Crippen LogP contribution is 2.46. The normalized spacial score (nSPS) is 21.1. The number of alkyl halides is 3. The first kappa shape index (κ1) is 10.7. The Balaban J connectivity index is 2.04. The zero-order chi connectivity index (χ0) is 12.1. The molecule has 0 bridgehead atoms. The molecule has 3 rings (SSSR count). The van der Waals surface area contributed by atoms with Crippen LogP contribution in [0.1, 0.15) is 24.8 Å². The molecule has 0 atom stereocenters. The average molecular weight is 242 g/mol. The van der Waals surface area contributed by atoms with Crippen LogP contribution in [0.15, 0.2) is 18.2 Å². The number of hydrogen-bond donors (Lipinski definition) is 2. The summed E-state index contributed by atoms with van der Waals surface area (Å²) >= 11 is 0. The van der Waals surface area contributed by atoms with Gasteiger partial charge in [-0.05, 0) is 31.4 Å². The number of fused-ring (bicyclic) bond motifs is 1. The lowest BCUT2D eigenvalue weighted by Crippen LogP contribution is -2.53. The molecule has 0 radical (unpaired) electrons. The number of para-hydroxylation sites is 1. The molecule has 1 aromatic carbocycles. The smallest absolute Gasteiger partial charge is 0.381 e. The van der Waals surface area contributed by atoms with Crippen molar-refractivity contribution in [2.24, 2.45) is 0 Å². The molecule has 0 unspecified atom stereocenters. The van der Waals surface area contributed by atoms with Crippen LogP contribution in [0.5, 0.6) is 0 Å². The minimum Gasteiger partial charge on any atom is -0.381 e. The first-order valence-corrected chi connectivity index (χ1v) is 5.73. The summed E-state index contributed by atoms with van der Waals surface area (Å²) in [5.74, 6) is 0. The van der Waals surface area contributed by atoms with Gasteiger partial charge in [-0.2, -0.15) is 13.2 Å². The van der Waals surface area contributed by atoms with Gasteiger partial charge in [0.25, 0.3) is 0 Å². The Bertz CT molecular complexity index is 450. The summed E-state index contributed by atoms with van der Waals surface area (Å²) in [6.07, 6.45) is -1.35. The highest BCUT2D eigenvalue weighted by Gasteiger charge is 2.43. The van der Waals surface area contributed by atoms with Crippen LogP contribution < -0.4 is 10.6 Å². The van der Waals surface area contributed by atoms with Gasteiger partial charge in [0.15, 0.2) is 0 Å². The van der Waals surface area contributed by atoms with Crippen LogP contribution in [0.3, 0.4) is 0 Å². The van der Waals surface area contributed by atoms with E-state index in [0.717, 1.165) is 25.3 Å². The second kappa shape index (κ2) is 3.31. The molecule has 2 nitrogen and oxygen atoms in total. The lowest BCUT2D eigenvalue weighted by molar-refractivity contribution is -0.137. The Kier molecular flexibility index (Phi) is 2.09. The quantitative estimate of drug-likeness (QED) is 0.728. The van der Waals surface area contributed by atoms with Gasteiger partial charge in [-0.25, -0.2) is 0 Å². The maximum atomic E-state index is 12.9. The summed E-state index contributed by atoms with van der Waals surface area (Å²) < 4.78 is 38.6. The van der Waals surface area contributed by atoms with Gasteiger partial charge in [0.2, 0.25) is 0 Å². The Labute approximate surface area is 97.2 Å². The molecular weight excluding hydrogens is 229 g/mol. The molecule has 1 saturated carbocycles. The molecule has 0 amide bonds. The Morgan fingerprint density at radius 1 is 1.18 bits per heavy atom. The molecule has 92 valence electrons. The molecule has 5 heteroatoms. The van der Waals surface area contributed by atoms with E-state index in [9.17, 15) is 13.2 Å². The van der Waals surface area contributed by atoms with Gasteiger partial charge >= 0.3 is 6.18 Å². The van der Waals surface area contributed by atoms with Crippen LogP contribution in [0.2, 0.25) is 0 Å². The van der Waals surface area contributed by atoms with E-state index in [1.54, 1.807) is 6.07 Å². The van der Waals surface area contributed by atoms with Crippen LogP contribution >= 0.6 is 0 Å². The standard InChI is InChI=1S/C12H13F3N2/c13-12(14,15)8-3-1-4-9-10(8)17-11(7-16-9)5-2-6-11/h1,3-4,16-17H,2,5-7H2. The summed E-state index contributed by atoms with van der Waals surface area (Å²) in [5.41, 5.74) is 0.0331. The van der Waals surface area contributed by atoms with Crippen molar-refractivity contribution in [3.05, 3.63) is 23.8 Å². The molecule has 1 aliphatic heterocycles. The second-order valence-electron chi connectivity index (χ2n) is 4.84. The average Bonchev–Trinajstić information content (AvgIpc) is 2.24. The van der Waals surface area contributed by atoms with Crippen molar-refractivity contribution in [3.8, 4) is 0 Å². The van der Waals surface area contributed by atoms with E-state index in [0.29, 0.717) is 12.2 Å². The fourth-order valence-corrected chi connectivity index (χ4v) is 2.55. The van der Waals surface area contributed by atoms with Gasteiger partial charge in [0.05, 0.1) is 22.5 Å². The van der Waals surface area contributed by atoms with E-state index in [1.807, 2.05) is 0 Å². The van der Waals surface area contributed by atoms with Crippen molar-refractivity contribution in [2.45, 2.75) is 31.0 Å².